The summed E-state index contributed by atoms with van der Waals surface area (Å²) < 4.78 is 10.2. The third-order valence-corrected chi connectivity index (χ3v) is 4.10. The Balaban J connectivity index is 1.82. The second-order valence-corrected chi connectivity index (χ2v) is 6.43. The zero-order chi connectivity index (χ0) is 19.1. The average molecular weight is 355 g/mol. The number of methoxy groups -OCH3 is 1. The molecule has 1 N–H and O–H groups in total. The topological polar surface area (TPSA) is 64.6 Å². The normalized spacial score (nSPS) is 10.5. The molecule has 0 radical (unpaired) electrons. The second kappa shape index (κ2) is 9.04. The summed E-state index contributed by atoms with van der Waals surface area (Å²) >= 11 is 0. The fraction of sp³-hybridized carbons (Fsp3) is 0.333. The summed E-state index contributed by atoms with van der Waals surface area (Å²) in [5.74, 6) is 0.558. The van der Waals surface area contributed by atoms with Gasteiger partial charge in [-0.1, -0.05) is 32.0 Å². The van der Waals surface area contributed by atoms with Gasteiger partial charge in [0.1, 0.15) is 5.75 Å². The van der Waals surface area contributed by atoms with Gasteiger partial charge in [0.15, 0.2) is 6.61 Å². The van der Waals surface area contributed by atoms with Gasteiger partial charge in [0.25, 0.3) is 5.91 Å². The van der Waals surface area contributed by atoms with Gasteiger partial charge in [0, 0.05) is 6.54 Å². The van der Waals surface area contributed by atoms with Crippen molar-refractivity contribution in [3.63, 3.8) is 0 Å². The minimum absolute atomic E-state index is 0.0410. The van der Waals surface area contributed by atoms with Crippen LogP contribution in [0.3, 0.4) is 0 Å². The van der Waals surface area contributed by atoms with Crippen LogP contribution in [0.25, 0.3) is 0 Å². The van der Waals surface area contributed by atoms with E-state index in [-0.39, 0.29) is 18.5 Å². The number of carbonyl (C=O) groups excluding carboxylic acids is 2. The number of hydrogen-bond donors (Lipinski definition) is 1. The zero-order valence-corrected chi connectivity index (χ0v) is 15.7. The molecular weight excluding hydrogens is 330 g/mol. The number of carbonyl (C=O) groups is 2. The first-order chi connectivity index (χ1) is 12.4. The van der Waals surface area contributed by atoms with Crippen LogP contribution in [0, 0.1) is 6.92 Å². The highest BCUT2D eigenvalue weighted by atomic mass is 16.5. The van der Waals surface area contributed by atoms with Gasteiger partial charge in [0.05, 0.1) is 12.7 Å². The van der Waals surface area contributed by atoms with Gasteiger partial charge >= 0.3 is 5.97 Å². The number of amides is 1. The van der Waals surface area contributed by atoms with E-state index in [0.29, 0.717) is 23.8 Å². The maximum absolute atomic E-state index is 12.0. The van der Waals surface area contributed by atoms with Gasteiger partial charge in [-0.15, -0.1) is 0 Å². The van der Waals surface area contributed by atoms with Gasteiger partial charge in [-0.25, -0.2) is 4.79 Å². The Morgan fingerprint density at radius 3 is 2.35 bits per heavy atom. The molecule has 0 spiro atoms. The zero-order valence-electron chi connectivity index (χ0n) is 15.7. The first-order valence-electron chi connectivity index (χ1n) is 8.58. The molecule has 0 fully saturated rings. The molecule has 0 saturated carbocycles. The molecule has 1 amide bonds. The van der Waals surface area contributed by atoms with Crippen molar-refractivity contribution in [1.82, 2.24) is 5.32 Å². The van der Waals surface area contributed by atoms with Crippen LogP contribution < -0.4 is 10.1 Å². The van der Waals surface area contributed by atoms with Crippen molar-refractivity contribution in [2.45, 2.75) is 33.2 Å². The molecule has 138 valence electrons. The highest BCUT2D eigenvalue weighted by molar-refractivity contribution is 5.89. The Morgan fingerprint density at radius 2 is 1.77 bits per heavy atom. The Bertz CT molecular complexity index is 766. The summed E-state index contributed by atoms with van der Waals surface area (Å²) in [4.78, 5) is 23.3. The lowest BCUT2D eigenvalue weighted by Gasteiger charge is -2.12. The highest BCUT2D eigenvalue weighted by Gasteiger charge is 2.08. The SMILES string of the molecule is COC(=O)c1ccc(CNC(=O)COc2ccc(C(C)C)c(C)c2)cc1. The quantitative estimate of drug-likeness (QED) is 0.771. The van der Waals surface area contributed by atoms with Crippen LogP contribution in [-0.2, 0) is 16.1 Å². The molecule has 2 aromatic rings. The number of benzene rings is 2. The number of hydrogen-bond acceptors (Lipinski definition) is 4. The molecule has 0 aliphatic carbocycles. The molecule has 2 aromatic carbocycles. The lowest BCUT2D eigenvalue weighted by molar-refractivity contribution is -0.123. The monoisotopic (exact) mass is 355 g/mol. The number of esters is 1. The molecule has 5 heteroatoms. The van der Waals surface area contributed by atoms with Crippen LogP contribution in [0.15, 0.2) is 42.5 Å². The van der Waals surface area contributed by atoms with E-state index in [1.54, 1.807) is 24.3 Å². The fourth-order valence-electron chi connectivity index (χ4n) is 2.66. The van der Waals surface area contributed by atoms with E-state index in [9.17, 15) is 9.59 Å². The molecule has 0 aliphatic rings. The van der Waals surface area contributed by atoms with Crippen molar-refractivity contribution in [2.24, 2.45) is 0 Å². The number of nitrogens with one attached hydrogen (secondary N) is 1. The molecule has 0 unspecified atom stereocenters. The lowest BCUT2D eigenvalue weighted by atomic mass is 9.98. The minimum Gasteiger partial charge on any atom is -0.484 e. The first kappa shape index (κ1) is 19.5. The first-order valence-corrected chi connectivity index (χ1v) is 8.58. The molecule has 5 nitrogen and oxygen atoms in total. The molecule has 26 heavy (non-hydrogen) atoms. The van der Waals surface area contributed by atoms with Gasteiger partial charge in [-0.3, -0.25) is 4.79 Å². The minimum atomic E-state index is -0.382. The molecule has 0 bridgehead atoms. The van der Waals surface area contributed by atoms with Gasteiger partial charge in [-0.05, 0) is 53.8 Å². The van der Waals surface area contributed by atoms with Crippen molar-refractivity contribution in [1.29, 1.82) is 0 Å². The van der Waals surface area contributed by atoms with E-state index < -0.39 is 0 Å². The molecule has 0 aromatic heterocycles. The van der Waals surface area contributed by atoms with E-state index in [0.717, 1.165) is 11.1 Å². The van der Waals surface area contributed by atoms with Crippen molar-refractivity contribution < 1.29 is 19.1 Å². The van der Waals surface area contributed by atoms with Crippen molar-refractivity contribution >= 4 is 11.9 Å². The van der Waals surface area contributed by atoms with E-state index in [2.05, 4.69) is 23.9 Å². The van der Waals surface area contributed by atoms with Crippen molar-refractivity contribution in [3.05, 3.63) is 64.7 Å². The predicted octanol–water partition coefficient (Wildman–Crippen LogP) is 3.60. The van der Waals surface area contributed by atoms with Gasteiger partial charge < -0.3 is 14.8 Å². The lowest BCUT2D eigenvalue weighted by Crippen LogP contribution is -2.28. The molecular formula is C21H25NO4. The van der Waals surface area contributed by atoms with Crippen LogP contribution in [-0.4, -0.2) is 25.6 Å². The van der Waals surface area contributed by atoms with Gasteiger partial charge in [-0.2, -0.15) is 0 Å². The van der Waals surface area contributed by atoms with E-state index in [1.165, 1.54) is 12.7 Å². The number of rotatable bonds is 7. The number of ether oxygens (including phenoxy) is 2. The fourth-order valence-corrected chi connectivity index (χ4v) is 2.66. The summed E-state index contributed by atoms with van der Waals surface area (Å²) in [6.07, 6.45) is 0. The smallest absolute Gasteiger partial charge is 0.337 e. The Morgan fingerprint density at radius 1 is 1.08 bits per heavy atom. The third kappa shape index (κ3) is 5.34. The Labute approximate surface area is 154 Å². The van der Waals surface area contributed by atoms with E-state index in [4.69, 9.17) is 4.74 Å². The summed E-state index contributed by atoms with van der Waals surface area (Å²) in [5.41, 5.74) is 3.80. The molecule has 0 atom stereocenters. The molecule has 2 rings (SSSR count). The van der Waals surface area contributed by atoms with Crippen LogP contribution in [0.4, 0.5) is 0 Å². The Kier molecular flexibility index (Phi) is 6.78. The number of aryl methyl sites for hydroxylation is 1. The third-order valence-electron chi connectivity index (χ3n) is 4.10. The molecule has 0 aliphatic heterocycles. The summed E-state index contributed by atoms with van der Waals surface area (Å²) in [5, 5.41) is 2.80. The molecule has 0 heterocycles. The Hall–Kier alpha value is -2.82. The van der Waals surface area contributed by atoms with Crippen LogP contribution in [0.1, 0.15) is 46.8 Å². The van der Waals surface area contributed by atoms with Gasteiger partial charge in [0.2, 0.25) is 0 Å². The second-order valence-electron chi connectivity index (χ2n) is 6.43. The van der Waals surface area contributed by atoms with Crippen molar-refractivity contribution in [3.8, 4) is 5.75 Å². The van der Waals surface area contributed by atoms with Crippen LogP contribution in [0.5, 0.6) is 5.75 Å². The maximum Gasteiger partial charge on any atom is 0.337 e. The molecule has 0 saturated heterocycles. The standard InChI is InChI=1S/C21H25NO4/c1-14(2)19-10-9-18(11-15(19)3)26-13-20(23)22-12-16-5-7-17(8-6-16)21(24)25-4/h5-11,14H,12-13H2,1-4H3,(H,22,23). The predicted molar refractivity (Wildman–Crippen MR) is 100 cm³/mol. The van der Waals surface area contributed by atoms with Crippen LogP contribution >= 0.6 is 0 Å². The van der Waals surface area contributed by atoms with Crippen molar-refractivity contribution in [2.75, 3.05) is 13.7 Å². The largest absolute Gasteiger partial charge is 0.484 e. The van der Waals surface area contributed by atoms with Crippen LogP contribution in [0.2, 0.25) is 0 Å². The summed E-state index contributed by atoms with van der Waals surface area (Å²) in [6, 6.07) is 12.8. The highest BCUT2D eigenvalue weighted by Crippen LogP contribution is 2.23. The maximum atomic E-state index is 12.0. The van der Waals surface area contributed by atoms with E-state index in [1.807, 2.05) is 25.1 Å². The summed E-state index contributed by atoms with van der Waals surface area (Å²) in [7, 11) is 1.34. The average Bonchev–Trinajstić information content (AvgIpc) is 2.64. The summed E-state index contributed by atoms with van der Waals surface area (Å²) in [6.45, 7) is 6.66. The van der Waals surface area contributed by atoms with E-state index >= 15 is 0 Å².